The molecule has 6 nitrogen and oxygen atoms in total. The number of hydrogen-bond acceptors (Lipinski definition) is 4. The van der Waals surface area contributed by atoms with E-state index in [9.17, 15) is 9.59 Å². The van der Waals surface area contributed by atoms with Crippen LogP contribution >= 0.6 is 11.8 Å². The number of likely N-dealkylation sites (tertiary alicyclic amines) is 1. The molecule has 0 saturated carbocycles. The van der Waals surface area contributed by atoms with E-state index in [0.717, 1.165) is 35.5 Å². The first-order chi connectivity index (χ1) is 14.0. The van der Waals surface area contributed by atoms with Crippen LogP contribution in [0.25, 0.3) is 0 Å². The number of benzene rings is 2. The highest BCUT2D eigenvalue weighted by Crippen LogP contribution is 2.47. The number of anilines is 2. The minimum atomic E-state index is -0.302. The topological polar surface area (TPSA) is 61.9 Å². The molecule has 2 aliphatic heterocycles. The predicted octanol–water partition coefficient (Wildman–Crippen LogP) is 4.11. The molecule has 0 radical (unpaired) electrons. The van der Waals surface area contributed by atoms with Crippen LogP contribution in [0.4, 0.5) is 16.2 Å². The van der Waals surface area contributed by atoms with E-state index in [1.54, 1.807) is 18.9 Å². The van der Waals surface area contributed by atoms with Gasteiger partial charge in [-0.25, -0.2) is 4.79 Å². The number of rotatable bonds is 3. The van der Waals surface area contributed by atoms with Crippen molar-refractivity contribution in [2.45, 2.75) is 24.6 Å². The van der Waals surface area contributed by atoms with Crippen molar-refractivity contribution in [2.75, 3.05) is 36.2 Å². The fourth-order valence-electron chi connectivity index (χ4n) is 4.03. The van der Waals surface area contributed by atoms with Crippen LogP contribution < -0.4 is 15.0 Å². The SMILES string of the molecule is COc1cccc(N2C(=O)CSC23CCN(C(=O)Nc2cccc(C)c2)CC3)c1. The van der Waals surface area contributed by atoms with Gasteiger partial charge in [-0.3, -0.25) is 9.69 Å². The van der Waals surface area contributed by atoms with Gasteiger partial charge in [-0.15, -0.1) is 11.8 Å². The number of amides is 3. The van der Waals surface area contributed by atoms with Gasteiger partial charge in [-0.2, -0.15) is 0 Å². The number of nitrogens with one attached hydrogen (secondary N) is 1. The van der Waals surface area contributed by atoms with Crippen LogP contribution in [-0.4, -0.2) is 47.7 Å². The summed E-state index contributed by atoms with van der Waals surface area (Å²) in [5, 5.41) is 2.98. The monoisotopic (exact) mass is 411 g/mol. The number of urea groups is 1. The number of methoxy groups -OCH3 is 1. The third kappa shape index (κ3) is 3.92. The lowest BCUT2D eigenvalue weighted by Crippen LogP contribution is -2.53. The Morgan fingerprint density at radius 2 is 1.90 bits per heavy atom. The summed E-state index contributed by atoms with van der Waals surface area (Å²) < 4.78 is 5.33. The molecule has 29 heavy (non-hydrogen) atoms. The molecule has 2 aliphatic rings. The first-order valence-electron chi connectivity index (χ1n) is 9.74. The predicted molar refractivity (Wildman–Crippen MR) is 117 cm³/mol. The molecule has 7 heteroatoms. The highest BCUT2D eigenvalue weighted by Gasteiger charge is 2.49. The summed E-state index contributed by atoms with van der Waals surface area (Å²) in [6, 6.07) is 15.3. The Hall–Kier alpha value is -2.67. The zero-order valence-electron chi connectivity index (χ0n) is 16.7. The van der Waals surface area contributed by atoms with E-state index in [4.69, 9.17) is 4.74 Å². The van der Waals surface area contributed by atoms with Gasteiger partial charge in [0, 0.05) is 30.5 Å². The molecule has 0 aliphatic carbocycles. The second kappa shape index (κ2) is 7.99. The summed E-state index contributed by atoms with van der Waals surface area (Å²) in [7, 11) is 1.63. The fourth-order valence-corrected chi connectivity index (χ4v) is 5.36. The molecule has 2 aromatic carbocycles. The Morgan fingerprint density at radius 3 is 2.62 bits per heavy atom. The maximum Gasteiger partial charge on any atom is 0.321 e. The summed E-state index contributed by atoms with van der Waals surface area (Å²) in [6.45, 7) is 3.22. The van der Waals surface area contributed by atoms with Crippen molar-refractivity contribution in [3.05, 3.63) is 54.1 Å². The average Bonchev–Trinajstić information content (AvgIpc) is 3.04. The van der Waals surface area contributed by atoms with Gasteiger partial charge < -0.3 is 15.0 Å². The molecule has 4 rings (SSSR count). The van der Waals surface area contributed by atoms with E-state index in [0.29, 0.717) is 18.8 Å². The zero-order valence-corrected chi connectivity index (χ0v) is 17.5. The van der Waals surface area contributed by atoms with Gasteiger partial charge in [-0.05, 0) is 49.6 Å². The first kappa shape index (κ1) is 19.6. The van der Waals surface area contributed by atoms with Crippen molar-refractivity contribution in [3.63, 3.8) is 0 Å². The molecule has 0 atom stereocenters. The lowest BCUT2D eigenvalue weighted by atomic mass is 10.0. The minimum absolute atomic E-state index is 0.0901. The number of ether oxygens (including phenoxy) is 1. The Kier molecular flexibility index (Phi) is 5.41. The normalized spacial score (nSPS) is 18.2. The second-order valence-corrected chi connectivity index (χ2v) is 8.79. The second-order valence-electron chi connectivity index (χ2n) is 7.45. The smallest absolute Gasteiger partial charge is 0.321 e. The van der Waals surface area contributed by atoms with Crippen molar-refractivity contribution in [1.29, 1.82) is 0 Å². The maximum atomic E-state index is 12.7. The van der Waals surface area contributed by atoms with E-state index >= 15 is 0 Å². The number of thioether (sulfide) groups is 1. The first-order valence-corrected chi connectivity index (χ1v) is 10.7. The van der Waals surface area contributed by atoms with Gasteiger partial charge in [0.25, 0.3) is 0 Å². The Morgan fingerprint density at radius 1 is 1.14 bits per heavy atom. The molecule has 1 N–H and O–H groups in total. The Labute approximate surface area is 175 Å². The summed E-state index contributed by atoms with van der Waals surface area (Å²) in [5.74, 6) is 1.31. The van der Waals surface area contributed by atoms with Crippen LogP contribution in [0.3, 0.4) is 0 Å². The number of carbonyl (C=O) groups is 2. The van der Waals surface area contributed by atoms with Crippen LogP contribution in [0.5, 0.6) is 5.75 Å². The van der Waals surface area contributed by atoms with Gasteiger partial charge in [0.05, 0.1) is 17.7 Å². The number of piperidine rings is 1. The van der Waals surface area contributed by atoms with E-state index in [-0.39, 0.29) is 16.8 Å². The van der Waals surface area contributed by atoms with Gasteiger partial charge in [0.15, 0.2) is 0 Å². The standard InChI is InChI=1S/C22H25N3O3S/c1-16-5-3-6-17(13-16)23-21(27)24-11-9-22(10-12-24)25(20(26)15-29-22)18-7-4-8-19(14-18)28-2/h3-8,13-14H,9-12,15H2,1-2H3,(H,23,27). The fraction of sp³-hybridized carbons (Fsp3) is 0.364. The molecule has 2 aromatic rings. The van der Waals surface area contributed by atoms with Crippen molar-refractivity contribution in [3.8, 4) is 5.75 Å². The molecule has 2 saturated heterocycles. The molecular formula is C22H25N3O3S. The summed E-state index contributed by atoms with van der Waals surface area (Å²) >= 11 is 1.69. The van der Waals surface area contributed by atoms with Gasteiger partial charge >= 0.3 is 6.03 Å². The molecule has 0 bridgehead atoms. The number of nitrogens with zero attached hydrogens (tertiary/aromatic N) is 2. The zero-order chi connectivity index (χ0) is 20.4. The average molecular weight is 412 g/mol. The third-order valence-corrected chi connectivity index (χ3v) is 7.05. The van der Waals surface area contributed by atoms with Crippen LogP contribution in [0, 0.1) is 6.92 Å². The van der Waals surface area contributed by atoms with Crippen molar-refractivity contribution < 1.29 is 14.3 Å². The van der Waals surface area contributed by atoms with Crippen LogP contribution in [0.2, 0.25) is 0 Å². The van der Waals surface area contributed by atoms with Crippen molar-refractivity contribution >= 4 is 35.1 Å². The van der Waals surface area contributed by atoms with Crippen molar-refractivity contribution in [1.82, 2.24) is 4.90 Å². The maximum absolute atomic E-state index is 12.7. The van der Waals surface area contributed by atoms with Gasteiger partial charge in [-0.1, -0.05) is 18.2 Å². The minimum Gasteiger partial charge on any atom is -0.497 e. The Bertz CT molecular complexity index is 925. The summed E-state index contributed by atoms with van der Waals surface area (Å²) in [4.78, 5) is 28.8. The third-order valence-electron chi connectivity index (χ3n) is 5.53. The lowest BCUT2D eigenvalue weighted by molar-refractivity contribution is -0.116. The molecule has 0 unspecified atom stereocenters. The Balaban J connectivity index is 1.46. The van der Waals surface area contributed by atoms with Crippen LogP contribution in [0.1, 0.15) is 18.4 Å². The molecule has 3 amide bonds. The molecule has 2 heterocycles. The number of carbonyl (C=O) groups excluding carboxylic acids is 2. The van der Waals surface area contributed by atoms with Crippen LogP contribution in [0.15, 0.2) is 48.5 Å². The van der Waals surface area contributed by atoms with E-state index < -0.39 is 0 Å². The molecule has 1 spiro atoms. The highest BCUT2D eigenvalue weighted by atomic mass is 32.2. The number of hydrogen-bond donors (Lipinski definition) is 1. The quantitative estimate of drug-likeness (QED) is 0.826. The van der Waals surface area contributed by atoms with Gasteiger partial charge in [0.2, 0.25) is 5.91 Å². The summed E-state index contributed by atoms with van der Waals surface area (Å²) in [6.07, 6.45) is 1.48. The molecule has 152 valence electrons. The lowest BCUT2D eigenvalue weighted by Gasteiger charge is -2.43. The van der Waals surface area contributed by atoms with Crippen LogP contribution in [-0.2, 0) is 4.79 Å². The number of aryl methyl sites for hydroxylation is 1. The van der Waals surface area contributed by atoms with E-state index in [1.807, 2.05) is 65.3 Å². The largest absolute Gasteiger partial charge is 0.497 e. The van der Waals surface area contributed by atoms with E-state index in [1.165, 1.54) is 0 Å². The van der Waals surface area contributed by atoms with Crippen molar-refractivity contribution in [2.24, 2.45) is 0 Å². The van der Waals surface area contributed by atoms with E-state index in [2.05, 4.69) is 5.32 Å². The molecule has 0 aromatic heterocycles. The van der Waals surface area contributed by atoms with Gasteiger partial charge in [0.1, 0.15) is 5.75 Å². The molecular weight excluding hydrogens is 386 g/mol. The molecule has 2 fully saturated rings. The highest BCUT2D eigenvalue weighted by molar-refractivity contribution is 8.02. The summed E-state index contributed by atoms with van der Waals surface area (Å²) in [5.41, 5.74) is 2.77.